The van der Waals surface area contributed by atoms with Crippen molar-refractivity contribution in [3.63, 3.8) is 0 Å². The first-order valence-corrected chi connectivity index (χ1v) is 6.83. The van der Waals surface area contributed by atoms with Crippen LogP contribution in [0, 0.1) is 18.7 Å². The first-order valence-electron chi connectivity index (χ1n) is 6.46. The molecule has 0 amide bonds. The van der Waals surface area contributed by atoms with Crippen LogP contribution in [0.2, 0.25) is 5.02 Å². The molecule has 2 heterocycles. The van der Waals surface area contributed by atoms with Gasteiger partial charge in [-0.2, -0.15) is 4.39 Å². The second-order valence-corrected chi connectivity index (χ2v) is 5.41. The van der Waals surface area contributed by atoms with Crippen LogP contribution in [0.3, 0.4) is 0 Å². The molecule has 0 N–H and O–H groups in total. The Hall–Kier alpha value is -1.62. The quantitative estimate of drug-likeness (QED) is 0.793. The minimum absolute atomic E-state index is 0.0243. The van der Waals surface area contributed by atoms with Crippen LogP contribution in [0.4, 0.5) is 8.78 Å². The van der Waals surface area contributed by atoms with Gasteiger partial charge in [0.25, 0.3) is 5.56 Å². The van der Waals surface area contributed by atoms with Crippen molar-refractivity contribution < 1.29 is 8.78 Å². The molecule has 6 heteroatoms. The highest BCUT2D eigenvalue weighted by molar-refractivity contribution is 6.31. The fourth-order valence-electron chi connectivity index (χ4n) is 2.60. The van der Waals surface area contributed by atoms with Gasteiger partial charge in [-0.1, -0.05) is 11.6 Å². The summed E-state index contributed by atoms with van der Waals surface area (Å²) in [6, 6.07) is 2.54. The predicted octanol–water partition coefficient (Wildman–Crippen LogP) is 3.35. The van der Waals surface area contributed by atoms with E-state index in [2.05, 4.69) is 0 Å². The van der Waals surface area contributed by atoms with Crippen LogP contribution in [0.15, 0.2) is 16.9 Å². The smallest absolute Gasteiger partial charge is 0.267 e. The maximum absolute atomic E-state index is 14.4. The van der Waals surface area contributed by atoms with Crippen molar-refractivity contribution >= 4 is 11.6 Å². The van der Waals surface area contributed by atoms with E-state index >= 15 is 0 Å². The fourth-order valence-corrected chi connectivity index (χ4v) is 2.75. The van der Waals surface area contributed by atoms with Gasteiger partial charge in [0.15, 0.2) is 0 Å². The summed E-state index contributed by atoms with van der Waals surface area (Å²) in [4.78, 5) is 12.3. The minimum Gasteiger partial charge on any atom is -0.267 e. The van der Waals surface area contributed by atoms with Gasteiger partial charge >= 0.3 is 0 Å². The number of fused-ring (bicyclic) bond motifs is 1. The number of aromatic nitrogens is 2. The number of benzene rings is 1. The van der Waals surface area contributed by atoms with Crippen molar-refractivity contribution in [3.05, 3.63) is 44.8 Å². The lowest BCUT2D eigenvalue weighted by molar-refractivity contribution is 0.310. The molecule has 1 aliphatic rings. The minimum atomic E-state index is -0.680. The van der Waals surface area contributed by atoms with Crippen molar-refractivity contribution in [1.82, 2.24) is 9.36 Å². The fraction of sp³-hybridized carbons (Fsp3) is 0.357. The van der Waals surface area contributed by atoms with Crippen molar-refractivity contribution in [2.75, 3.05) is 0 Å². The van der Waals surface area contributed by atoms with Crippen molar-refractivity contribution in [2.24, 2.45) is 0 Å². The topological polar surface area (TPSA) is 26.9 Å². The standard InChI is InChI=1S/C14H13ClF2N2O/c1-8-6-9(11(16)7-10(8)15)12-13(17)18-4-2-3-5-19(18)14(12)20/h6-7H,2-5H2,1H3. The van der Waals surface area contributed by atoms with Crippen LogP contribution < -0.4 is 5.56 Å². The monoisotopic (exact) mass is 298 g/mol. The summed E-state index contributed by atoms with van der Waals surface area (Å²) in [5.74, 6) is -1.35. The van der Waals surface area contributed by atoms with E-state index in [1.165, 1.54) is 15.4 Å². The summed E-state index contributed by atoms with van der Waals surface area (Å²) < 4.78 is 31.1. The normalized spacial score (nSPS) is 14.4. The molecule has 0 unspecified atom stereocenters. The van der Waals surface area contributed by atoms with E-state index in [0.29, 0.717) is 18.7 Å². The number of hydrogen-bond donors (Lipinski definition) is 0. The maximum Gasteiger partial charge on any atom is 0.277 e. The first-order chi connectivity index (χ1) is 9.50. The number of rotatable bonds is 1. The molecule has 0 radical (unpaired) electrons. The third-order valence-corrected chi connectivity index (χ3v) is 4.09. The van der Waals surface area contributed by atoms with Gasteiger partial charge in [0.05, 0.1) is 0 Å². The van der Waals surface area contributed by atoms with E-state index < -0.39 is 17.3 Å². The molecule has 0 bridgehead atoms. The molecule has 1 aromatic heterocycles. The number of halogens is 3. The zero-order valence-corrected chi connectivity index (χ0v) is 11.7. The lowest BCUT2D eigenvalue weighted by atomic mass is 10.1. The van der Waals surface area contributed by atoms with E-state index in [1.54, 1.807) is 6.92 Å². The molecule has 1 aliphatic heterocycles. The molecule has 3 rings (SSSR count). The van der Waals surface area contributed by atoms with Gasteiger partial charge in [0.1, 0.15) is 11.4 Å². The zero-order valence-electron chi connectivity index (χ0n) is 10.9. The summed E-state index contributed by atoms with van der Waals surface area (Å²) in [5, 5.41) is 0.260. The summed E-state index contributed by atoms with van der Waals surface area (Å²) in [6.45, 7) is 2.59. The average Bonchev–Trinajstić information content (AvgIpc) is 2.68. The second-order valence-electron chi connectivity index (χ2n) is 5.01. The van der Waals surface area contributed by atoms with Crippen LogP contribution in [0.1, 0.15) is 18.4 Å². The van der Waals surface area contributed by atoms with Gasteiger partial charge in [-0.05, 0) is 37.5 Å². The van der Waals surface area contributed by atoms with Crippen LogP contribution in [-0.4, -0.2) is 9.36 Å². The molecule has 0 spiro atoms. The van der Waals surface area contributed by atoms with Gasteiger partial charge in [-0.3, -0.25) is 9.48 Å². The van der Waals surface area contributed by atoms with Crippen molar-refractivity contribution in [1.29, 1.82) is 0 Å². The SMILES string of the molecule is Cc1cc(-c2c(F)n3n(c2=O)CCCC3)c(F)cc1Cl. The Kier molecular flexibility index (Phi) is 3.17. The highest BCUT2D eigenvalue weighted by atomic mass is 35.5. The Bertz CT molecular complexity index is 749. The van der Waals surface area contributed by atoms with Gasteiger partial charge < -0.3 is 0 Å². The first kappa shape index (κ1) is 13.4. The summed E-state index contributed by atoms with van der Waals surface area (Å²) >= 11 is 5.83. The van der Waals surface area contributed by atoms with Gasteiger partial charge in [-0.25, -0.2) is 9.07 Å². The predicted molar refractivity (Wildman–Crippen MR) is 73.0 cm³/mol. The molecule has 0 atom stereocenters. The highest BCUT2D eigenvalue weighted by Gasteiger charge is 2.25. The lowest BCUT2D eigenvalue weighted by Gasteiger charge is -2.16. The summed E-state index contributed by atoms with van der Waals surface area (Å²) in [6.07, 6.45) is 1.64. The highest BCUT2D eigenvalue weighted by Crippen LogP contribution is 2.29. The van der Waals surface area contributed by atoms with Gasteiger partial charge in [0.2, 0.25) is 5.95 Å². The Labute approximate surface area is 119 Å². The molecular weight excluding hydrogens is 286 g/mol. The molecule has 0 saturated carbocycles. The largest absolute Gasteiger partial charge is 0.277 e. The van der Waals surface area contributed by atoms with E-state index in [-0.39, 0.29) is 16.1 Å². The molecular formula is C14H13ClF2N2O. The number of hydrogen-bond acceptors (Lipinski definition) is 1. The molecule has 1 aromatic carbocycles. The van der Waals surface area contributed by atoms with Crippen LogP contribution in [0.5, 0.6) is 0 Å². The van der Waals surface area contributed by atoms with Crippen LogP contribution >= 0.6 is 11.6 Å². The van der Waals surface area contributed by atoms with Crippen molar-refractivity contribution in [3.8, 4) is 11.1 Å². The Morgan fingerprint density at radius 3 is 2.45 bits per heavy atom. The molecule has 3 nitrogen and oxygen atoms in total. The molecule has 0 aliphatic carbocycles. The van der Waals surface area contributed by atoms with Crippen LogP contribution in [0.25, 0.3) is 11.1 Å². The van der Waals surface area contributed by atoms with E-state index in [1.807, 2.05) is 0 Å². The van der Waals surface area contributed by atoms with Gasteiger partial charge in [0, 0.05) is 23.7 Å². The lowest BCUT2D eigenvalue weighted by Crippen LogP contribution is -2.27. The number of nitrogens with zero attached hydrogens (tertiary/aromatic N) is 2. The summed E-state index contributed by atoms with van der Waals surface area (Å²) in [7, 11) is 0. The van der Waals surface area contributed by atoms with E-state index in [9.17, 15) is 13.6 Å². The van der Waals surface area contributed by atoms with Crippen LogP contribution in [-0.2, 0) is 13.1 Å². The van der Waals surface area contributed by atoms with Gasteiger partial charge in [-0.15, -0.1) is 0 Å². The third kappa shape index (κ3) is 1.88. The Balaban J connectivity index is 2.28. The van der Waals surface area contributed by atoms with E-state index in [4.69, 9.17) is 11.6 Å². The number of aryl methyl sites for hydroxylation is 1. The molecule has 2 aromatic rings. The van der Waals surface area contributed by atoms with Crippen molar-refractivity contribution in [2.45, 2.75) is 32.9 Å². The zero-order chi connectivity index (χ0) is 14.4. The maximum atomic E-state index is 14.4. The van der Waals surface area contributed by atoms with E-state index in [0.717, 1.165) is 18.9 Å². The second kappa shape index (κ2) is 4.74. The Morgan fingerprint density at radius 2 is 1.80 bits per heavy atom. The average molecular weight is 299 g/mol. The summed E-state index contributed by atoms with van der Waals surface area (Å²) in [5.41, 5.74) is -0.105. The molecule has 20 heavy (non-hydrogen) atoms. The molecule has 0 fully saturated rings. The molecule has 106 valence electrons. The molecule has 0 saturated heterocycles. The Morgan fingerprint density at radius 1 is 1.15 bits per heavy atom. The third-order valence-electron chi connectivity index (χ3n) is 3.68.